The second kappa shape index (κ2) is 12.6. The van der Waals surface area contributed by atoms with Gasteiger partial charge in [-0.2, -0.15) is 11.8 Å². The quantitative estimate of drug-likeness (QED) is 0.368. The molecule has 188 valence electrons. The van der Waals surface area contributed by atoms with Crippen LogP contribution >= 0.6 is 23.1 Å². The van der Waals surface area contributed by atoms with E-state index >= 15 is 0 Å². The first-order chi connectivity index (χ1) is 17.0. The molecule has 1 fully saturated rings. The van der Waals surface area contributed by atoms with Crippen LogP contribution in [0.3, 0.4) is 0 Å². The summed E-state index contributed by atoms with van der Waals surface area (Å²) >= 11 is 3.93. The minimum absolute atomic E-state index is 0.0176. The Morgan fingerprint density at radius 2 is 1.94 bits per heavy atom. The number of benzene rings is 1. The van der Waals surface area contributed by atoms with Gasteiger partial charge in [0.15, 0.2) is 0 Å². The van der Waals surface area contributed by atoms with Crippen molar-refractivity contribution in [2.75, 3.05) is 18.1 Å². The van der Waals surface area contributed by atoms with E-state index in [0.29, 0.717) is 11.5 Å². The lowest BCUT2D eigenvalue weighted by molar-refractivity contribution is -0.136. The summed E-state index contributed by atoms with van der Waals surface area (Å²) in [4.78, 5) is 25.8. The number of carboxylic acid groups (broad SMARTS) is 1. The number of carboxylic acids is 1. The number of amides is 1. The summed E-state index contributed by atoms with van der Waals surface area (Å²) in [7, 11) is 0. The summed E-state index contributed by atoms with van der Waals surface area (Å²) in [6, 6.07) is 9.64. The fraction of sp³-hybridized carbons (Fsp3) is 0.500. The molecule has 4 rings (SSSR count). The molecule has 35 heavy (non-hydrogen) atoms. The molecule has 1 saturated carbocycles. The van der Waals surface area contributed by atoms with Crippen molar-refractivity contribution < 1.29 is 19.4 Å². The van der Waals surface area contributed by atoms with Crippen LogP contribution in [-0.2, 0) is 11.2 Å². The lowest BCUT2D eigenvalue weighted by Gasteiger charge is -2.31. The Labute approximate surface area is 216 Å². The number of carbonyl (C=O) groups excluding carboxylic acids is 1. The number of thiophene rings is 1. The van der Waals surface area contributed by atoms with Gasteiger partial charge in [0, 0.05) is 39.1 Å². The number of hydrogen-bond acceptors (Lipinski definition) is 5. The smallest absolute Gasteiger partial charge is 0.305 e. The van der Waals surface area contributed by atoms with Gasteiger partial charge in [-0.3, -0.25) is 9.59 Å². The Hall–Kier alpha value is -2.25. The molecule has 5 nitrogen and oxygen atoms in total. The van der Waals surface area contributed by atoms with Gasteiger partial charge in [-0.15, -0.1) is 11.3 Å². The van der Waals surface area contributed by atoms with Gasteiger partial charge >= 0.3 is 5.97 Å². The van der Waals surface area contributed by atoms with Crippen LogP contribution < -0.4 is 10.1 Å². The van der Waals surface area contributed by atoms with Crippen molar-refractivity contribution in [3.63, 3.8) is 0 Å². The fourth-order valence-corrected chi connectivity index (χ4v) is 6.99. The van der Waals surface area contributed by atoms with Crippen molar-refractivity contribution in [2.45, 2.75) is 64.4 Å². The zero-order chi connectivity index (χ0) is 24.6. The van der Waals surface area contributed by atoms with Crippen LogP contribution in [0, 0.1) is 5.92 Å². The summed E-state index contributed by atoms with van der Waals surface area (Å²) in [5.41, 5.74) is 3.33. The van der Waals surface area contributed by atoms with Gasteiger partial charge in [-0.1, -0.05) is 32.3 Å². The normalized spacial score (nSPS) is 17.5. The highest BCUT2D eigenvalue weighted by Crippen LogP contribution is 2.43. The number of nitrogens with one attached hydrogen (secondary N) is 1. The zero-order valence-corrected chi connectivity index (χ0v) is 22.0. The van der Waals surface area contributed by atoms with Crippen LogP contribution in [0.4, 0.5) is 0 Å². The maximum atomic E-state index is 12.3. The molecular formula is C28H35NO4S2. The van der Waals surface area contributed by atoms with Crippen LogP contribution in [-0.4, -0.2) is 35.0 Å². The second-order valence-electron chi connectivity index (χ2n) is 9.26. The van der Waals surface area contributed by atoms with E-state index in [1.54, 1.807) is 12.1 Å². The van der Waals surface area contributed by atoms with Crippen molar-refractivity contribution in [1.82, 2.24) is 5.32 Å². The van der Waals surface area contributed by atoms with E-state index in [1.165, 1.54) is 58.7 Å². The number of allylic oxidation sites excluding steroid dienone is 1. The van der Waals surface area contributed by atoms with Crippen molar-refractivity contribution in [2.24, 2.45) is 5.92 Å². The Morgan fingerprint density at radius 3 is 2.60 bits per heavy atom. The molecule has 0 bridgehead atoms. The molecule has 1 aliphatic carbocycles. The minimum atomic E-state index is -0.926. The van der Waals surface area contributed by atoms with Crippen molar-refractivity contribution in [3.05, 3.63) is 57.3 Å². The second-order valence-corrected chi connectivity index (χ2v) is 11.5. The number of hydrogen-bond donors (Lipinski definition) is 2. The Balaban J connectivity index is 1.54. The van der Waals surface area contributed by atoms with Gasteiger partial charge in [0.05, 0.1) is 6.42 Å². The maximum Gasteiger partial charge on any atom is 0.305 e. The van der Waals surface area contributed by atoms with Crippen LogP contribution in [0.15, 0.2) is 36.4 Å². The monoisotopic (exact) mass is 513 g/mol. The van der Waals surface area contributed by atoms with Crippen LogP contribution in [0.2, 0.25) is 0 Å². The number of rotatable bonds is 10. The molecule has 1 aromatic carbocycles. The van der Waals surface area contributed by atoms with Crippen LogP contribution in [0.1, 0.15) is 83.6 Å². The molecule has 1 unspecified atom stereocenters. The van der Waals surface area contributed by atoms with Crippen molar-refractivity contribution in [3.8, 4) is 5.75 Å². The number of carbonyl (C=O) groups is 2. The van der Waals surface area contributed by atoms with Gasteiger partial charge in [-0.05, 0) is 67.3 Å². The lowest BCUT2D eigenvalue weighted by atomic mass is 9.82. The minimum Gasteiger partial charge on any atom is -0.485 e. The Kier molecular flexibility index (Phi) is 9.32. The summed E-state index contributed by atoms with van der Waals surface area (Å²) in [5, 5.41) is 11.4. The molecule has 2 aromatic rings. The first-order valence-electron chi connectivity index (χ1n) is 12.7. The molecule has 2 heterocycles. The molecule has 1 aliphatic heterocycles. The van der Waals surface area contributed by atoms with E-state index in [-0.39, 0.29) is 25.0 Å². The molecule has 2 aliphatic rings. The van der Waals surface area contributed by atoms with E-state index in [4.69, 9.17) is 9.84 Å². The van der Waals surface area contributed by atoms with E-state index in [1.807, 2.05) is 35.2 Å². The molecule has 1 amide bonds. The largest absolute Gasteiger partial charge is 0.485 e. The molecule has 0 saturated heterocycles. The average molecular weight is 514 g/mol. The van der Waals surface area contributed by atoms with Gasteiger partial charge in [-0.25, -0.2) is 0 Å². The summed E-state index contributed by atoms with van der Waals surface area (Å²) in [6.07, 6.45) is 10.6. The fourth-order valence-electron chi connectivity index (χ4n) is 4.94. The van der Waals surface area contributed by atoms with E-state index in [2.05, 4.69) is 24.4 Å². The first kappa shape index (κ1) is 25.8. The lowest BCUT2D eigenvalue weighted by Crippen LogP contribution is -2.26. The Morgan fingerprint density at radius 1 is 1.17 bits per heavy atom. The van der Waals surface area contributed by atoms with E-state index < -0.39 is 5.97 Å². The number of thioether (sulfide) groups is 1. The maximum absolute atomic E-state index is 12.3. The molecule has 0 spiro atoms. The predicted octanol–water partition coefficient (Wildman–Crippen LogP) is 6.74. The summed E-state index contributed by atoms with van der Waals surface area (Å²) < 4.78 is 6.70. The Bertz CT molecular complexity index is 1040. The topological polar surface area (TPSA) is 75.6 Å². The third-order valence-corrected chi connectivity index (χ3v) is 9.10. The van der Waals surface area contributed by atoms with Crippen molar-refractivity contribution in [1.29, 1.82) is 0 Å². The van der Waals surface area contributed by atoms with Gasteiger partial charge in [0.25, 0.3) is 5.91 Å². The van der Waals surface area contributed by atoms with Gasteiger partial charge in [0.1, 0.15) is 11.9 Å². The standard InChI is InChI=1S/C28H35NO4S2/c1-2-24-23(18-25(35-24)19-13-16-34-17-14-19)27(20-6-4-3-5-7-20)33-22-10-8-21(9-11-22)28(32)29-15-12-26(30)31/h8-11,13,18,20,27H,2-7,12,14-17H2,1H3,(H,29,32)(H,30,31). The van der Waals surface area contributed by atoms with Crippen LogP contribution in [0.25, 0.3) is 5.57 Å². The highest BCUT2D eigenvalue weighted by molar-refractivity contribution is 7.99. The first-order valence-corrected chi connectivity index (χ1v) is 14.7. The summed E-state index contributed by atoms with van der Waals surface area (Å²) in [5.74, 6) is 2.36. The highest BCUT2D eigenvalue weighted by atomic mass is 32.2. The SMILES string of the molecule is CCc1sc(C2=CCSCC2)cc1C(Oc1ccc(C(=O)NCCC(=O)O)cc1)C1CCCCC1. The molecule has 0 radical (unpaired) electrons. The molecule has 1 atom stereocenters. The average Bonchev–Trinajstić information content (AvgIpc) is 3.32. The van der Waals surface area contributed by atoms with Crippen molar-refractivity contribution >= 4 is 40.5 Å². The number of aliphatic carboxylic acids is 1. The third-order valence-electron chi connectivity index (χ3n) is 6.83. The number of ether oxygens (including phenoxy) is 1. The van der Waals surface area contributed by atoms with Gasteiger partial charge < -0.3 is 15.2 Å². The highest BCUT2D eigenvalue weighted by Gasteiger charge is 2.30. The molecule has 2 N–H and O–H groups in total. The predicted molar refractivity (Wildman–Crippen MR) is 145 cm³/mol. The van der Waals surface area contributed by atoms with E-state index in [0.717, 1.165) is 24.3 Å². The zero-order valence-electron chi connectivity index (χ0n) is 20.4. The van der Waals surface area contributed by atoms with Crippen LogP contribution in [0.5, 0.6) is 5.75 Å². The summed E-state index contributed by atoms with van der Waals surface area (Å²) in [6.45, 7) is 2.35. The van der Waals surface area contributed by atoms with E-state index in [9.17, 15) is 9.59 Å². The van der Waals surface area contributed by atoms with Gasteiger partial charge in [0.2, 0.25) is 0 Å². The molecular weight excluding hydrogens is 478 g/mol. The number of aryl methyl sites for hydroxylation is 1. The molecule has 7 heteroatoms. The molecule has 1 aromatic heterocycles. The third kappa shape index (κ3) is 6.91.